The van der Waals surface area contributed by atoms with Crippen molar-refractivity contribution in [3.05, 3.63) is 169 Å². The number of thiophene rings is 1. The first-order valence-corrected chi connectivity index (χ1v) is 16.7. The van der Waals surface area contributed by atoms with E-state index in [4.69, 9.17) is 16.0 Å². The van der Waals surface area contributed by atoms with E-state index in [1.54, 1.807) is 0 Å². The van der Waals surface area contributed by atoms with Gasteiger partial charge in [-0.2, -0.15) is 0 Å². The van der Waals surface area contributed by atoms with E-state index in [1.807, 2.05) is 35.6 Å². The van der Waals surface area contributed by atoms with Gasteiger partial charge in [-0.3, -0.25) is 0 Å². The van der Waals surface area contributed by atoms with Crippen LogP contribution in [0.15, 0.2) is 168 Å². The topological polar surface area (TPSA) is 19.6 Å². The maximum absolute atomic E-state index is 7.06. The number of fused-ring (bicyclic) bond motifs is 6. The van der Waals surface area contributed by atoms with Gasteiger partial charge in [0.1, 0.15) is 11.2 Å². The highest BCUT2D eigenvalue weighted by Crippen LogP contribution is 2.47. The number of furan rings is 1. The molecule has 0 atom stereocenters. The van der Waals surface area contributed by atoms with Gasteiger partial charge in [-0.1, -0.05) is 96.5 Å². The maximum atomic E-state index is 7.06. The lowest BCUT2D eigenvalue weighted by atomic mass is 10.1. The quantitative estimate of drug-likeness (QED) is 0.180. The van der Waals surface area contributed by atoms with E-state index in [1.165, 1.54) is 20.2 Å². The Kier molecular flexibility index (Phi) is 6.70. The van der Waals surface area contributed by atoms with Gasteiger partial charge in [-0.25, -0.2) is 0 Å². The standard InChI is InChI=1S/C42H27ClN2OS/c43-28-24-32(44(29-12-3-1-4-13-29)31-22-23-40-37(27-31)34-16-7-9-20-39(34)46-40)26-33(25-28)45(30-14-5-2-6-15-30)38-19-11-18-36-35-17-8-10-21-41(35)47-42(36)38/h1-27H. The van der Waals surface area contributed by atoms with Gasteiger partial charge in [-0.15, -0.1) is 11.3 Å². The molecule has 3 nitrogen and oxygen atoms in total. The van der Waals surface area contributed by atoms with Gasteiger partial charge >= 0.3 is 0 Å². The lowest BCUT2D eigenvalue weighted by Gasteiger charge is -2.30. The number of benzene rings is 7. The predicted molar refractivity (Wildman–Crippen MR) is 201 cm³/mol. The second kappa shape index (κ2) is 11.4. The summed E-state index contributed by atoms with van der Waals surface area (Å²) in [6, 6.07) is 57.1. The van der Waals surface area contributed by atoms with Gasteiger partial charge in [0.15, 0.2) is 0 Å². The molecule has 0 radical (unpaired) electrons. The molecule has 0 aliphatic rings. The average Bonchev–Trinajstić information content (AvgIpc) is 3.68. The van der Waals surface area contributed by atoms with Crippen LogP contribution < -0.4 is 9.80 Å². The molecule has 9 rings (SSSR count). The minimum atomic E-state index is 0.651. The average molecular weight is 643 g/mol. The second-order valence-electron chi connectivity index (χ2n) is 11.5. The van der Waals surface area contributed by atoms with Gasteiger partial charge in [-0.05, 0) is 78.9 Å². The van der Waals surface area contributed by atoms with E-state index in [0.717, 1.165) is 56.1 Å². The van der Waals surface area contributed by atoms with Crippen molar-refractivity contribution in [1.29, 1.82) is 0 Å². The van der Waals surface area contributed by atoms with Crippen LogP contribution in [0.5, 0.6) is 0 Å². The monoisotopic (exact) mass is 642 g/mol. The van der Waals surface area contributed by atoms with Gasteiger partial charge in [0.25, 0.3) is 0 Å². The summed E-state index contributed by atoms with van der Waals surface area (Å²) in [5, 5.41) is 5.33. The summed E-state index contributed by atoms with van der Waals surface area (Å²) >= 11 is 8.88. The minimum Gasteiger partial charge on any atom is -0.456 e. The van der Waals surface area contributed by atoms with Crippen molar-refractivity contribution in [3.8, 4) is 0 Å². The minimum absolute atomic E-state index is 0.651. The van der Waals surface area contributed by atoms with Gasteiger partial charge < -0.3 is 14.2 Å². The molecule has 0 fully saturated rings. The van der Waals surface area contributed by atoms with Gasteiger partial charge in [0.05, 0.1) is 10.4 Å². The molecule has 224 valence electrons. The molecule has 0 bridgehead atoms. The molecule has 5 heteroatoms. The normalized spacial score (nSPS) is 11.5. The van der Waals surface area contributed by atoms with Crippen LogP contribution in [0, 0.1) is 0 Å². The number of hydrogen-bond acceptors (Lipinski definition) is 4. The molecular weight excluding hydrogens is 616 g/mol. The zero-order chi connectivity index (χ0) is 31.3. The molecule has 0 N–H and O–H groups in total. The third-order valence-electron chi connectivity index (χ3n) is 8.66. The fourth-order valence-electron chi connectivity index (χ4n) is 6.61. The Labute approximate surface area is 281 Å². The molecule has 7 aromatic carbocycles. The highest BCUT2D eigenvalue weighted by atomic mass is 35.5. The molecule has 0 saturated carbocycles. The first-order chi connectivity index (χ1) is 23.2. The molecule has 9 aromatic rings. The molecule has 2 heterocycles. The molecule has 0 saturated heterocycles. The fourth-order valence-corrected chi connectivity index (χ4v) is 8.04. The molecular formula is C42H27ClN2OS. The summed E-state index contributed by atoms with van der Waals surface area (Å²) in [4.78, 5) is 4.59. The number of rotatable bonds is 6. The predicted octanol–water partition coefficient (Wildman–Crippen LogP) is 13.5. The van der Waals surface area contributed by atoms with Crippen LogP contribution in [0.4, 0.5) is 34.1 Å². The fraction of sp³-hybridized carbons (Fsp3) is 0. The van der Waals surface area contributed by atoms with Crippen molar-refractivity contribution in [2.75, 3.05) is 9.80 Å². The van der Waals surface area contributed by atoms with Crippen molar-refractivity contribution in [2.45, 2.75) is 0 Å². The van der Waals surface area contributed by atoms with E-state index < -0.39 is 0 Å². The summed E-state index contributed by atoms with van der Waals surface area (Å²) in [6.07, 6.45) is 0. The Morgan fingerprint density at radius 1 is 0.426 bits per heavy atom. The Morgan fingerprint density at radius 2 is 1.04 bits per heavy atom. The van der Waals surface area contributed by atoms with E-state index >= 15 is 0 Å². The van der Waals surface area contributed by atoms with Crippen LogP contribution in [-0.2, 0) is 0 Å². The smallest absolute Gasteiger partial charge is 0.135 e. The van der Waals surface area contributed by atoms with E-state index in [0.29, 0.717) is 5.02 Å². The third kappa shape index (κ3) is 4.81. The Bertz CT molecular complexity index is 2560. The van der Waals surface area contributed by atoms with Crippen molar-refractivity contribution in [1.82, 2.24) is 0 Å². The SMILES string of the molecule is Clc1cc(N(c2ccccc2)c2ccc3oc4ccccc4c3c2)cc(N(c2ccccc2)c2cccc3c2sc2ccccc23)c1. The lowest BCUT2D eigenvalue weighted by Crippen LogP contribution is -2.13. The first kappa shape index (κ1) is 27.7. The summed E-state index contributed by atoms with van der Waals surface area (Å²) in [5.41, 5.74) is 7.89. The lowest BCUT2D eigenvalue weighted by molar-refractivity contribution is 0.669. The number of halogens is 1. The molecule has 47 heavy (non-hydrogen) atoms. The van der Waals surface area contributed by atoms with Crippen molar-refractivity contribution >= 4 is 99.2 Å². The molecule has 0 amide bonds. The molecule has 0 aliphatic heterocycles. The van der Waals surface area contributed by atoms with Crippen LogP contribution in [-0.4, -0.2) is 0 Å². The second-order valence-corrected chi connectivity index (χ2v) is 13.0. The number of nitrogens with zero attached hydrogens (tertiary/aromatic N) is 2. The molecule has 0 spiro atoms. The van der Waals surface area contributed by atoms with Crippen LogP contribution in [0.2, 0.25) is 5.02 Å². The number of hydrogen-bond donors (Lipinski definition) is 0. The van der Waals surface area contributed by atoms with E-state index in [-0.39, 0.29) is 0 Å². The van der Waals surface area contributed by atoms with E-state index in [9.17, 15) is 0 Å². The first-order valence-electron chi connectivity index (χ1n) is 15.5. The number of anilines is 6. The van der Waals surface area contributed by atoms with Crippen LogP contribution in [0.1, 0.15) is 0 Å². The summed E-state index contributed by atoms with van der Waals surface area (Å²) in [5.74, 6) is 0. The maximum Gasteiger partial charge on any atom is 0.135 e. The Hall–Kier alpha value is -5.55. The van der Waals surface area contributed by atoms with Crippen LogP contribution >= 0.6 is 22.9 Å². The molecule has 2 aromatic heterocycles. The zero-order valence-electron chi connectivity index (χ0n) is 25.2. The zero-order valence-corrected chi connectivity index (χ0v) is 26.7. The molecule has 0 aliphatic carbocycles. The van der Waals surface area contributed by atoms with E-state index in [2.05, 4.69) is 149 Å². The summed E-state index contributed by atoms with van der Waals surface area (Å²) in [7, 11) is 0. The third-order valence-corrected chi connectivity index (χ3v) is 10.1. The van der Waals surface area contributed by atoms with Crippen molar-refractivity contribution in [3.63, 3.8) is 0 Å². The Balaban J connectivity index is 1.27. The Morgan fingerprint density at radius 3 is 1.83 bits per heavy atom. The van der Waals surface area contributed by atoms with Crippen molar-refractivity contribution in [2.24, 2.45) is 0 Å². The number of para-hydroxylation sites is 3. The molecule has 0 unspecified atom stereocenters. The summed E-state index contributed by atoms with van der Waals surface area (Å²) < 4.78 is 8.68. The van der Waals surface area contributed by atoms with Crippen LogP contribution in [0.25, 0.3) is 42.1 Å². The summed E-state index contributed by atoms with van der Waals surface area (Å²) in [6.45, 7) is 0. The van der Waals surface area contributed by atoms with Crippen molar-refractivity contribution < 1.29 is 4.42 Å². The highest BCUT2D eigenvalue weighted by molar-refractivity contribution is 7.26. The van der Waals surface area contributed by atoms with Gasteiger partial charge in [0.2, 0.25) is 0 Å². The van der Waals surface area contributed by atoms with Gasteiger partial charge in [0, 0.05) is 59.7 Å². The highest BCUT2D eigenvalue weighted by Gasteiger charge is 2.21. The van der Waals surface area contributed by atoms with Crippen LogP contribution in [0.3, 0.4) is 0 Å². The largest absolute Gasteiger partial charge is 0.456 e.